The molecule has 0 fully saturated rings. The number of hydrogen-bond acceptors (Lipinski definition) is 6. The predicted molar refractivity (Wildman–Crippen MR) is 68.6 cm³/mol. The summed E-state index contributed by atoms with van der Waals surface area (Å²) in [5.41, 5.74) is -0.897. The van der Waals surface area contributed by atoms with Crippen molar-refractivity contribution in [3.63, 3.8) is 0 Å². The number of alkyl carbamates (subject to hydrolysis) is 1. The maximum atomic E-state index is 11.5. The van der Waals surface area contributed by atoms with Crippen LogP contribution >= 0.6 is 0 Å². The summed E-state index contributed by atoms with van der Waals surface area (Å²) in [4.78, 5) is 44.8. The van der Waals surface area contributed by atoms with E-state index in [-0.39, 0.29) is 6.42 Å². The lowest BCUT2D eigenvalue weighted by Gasteiger charge is -2.24. The van der Waals surface area contributed by atoms with E-state index in [4.69, 9.17) is 14.9 Å². The Morgan fingerprint density at radius 3 is 1.95 bits per heavy atom. The van der Waals surface area contributed by atoms with E-state index in [1.807, 2.05) is 5.32 Å². The third-order valence-electron chi connectivity index (χ3n) is 2.03. The van der Waals surface area contributed by atoms with Gasteiger partial charge in [-0.25, -0.2) is 14.4 Å². The number of carboxylic acid groups (broad SMARTS) is 2. The number of esters is 1. The van der Waals surface area contributed by atoms with E-state index in [1.54, 1.807) is 20.8 Å². The SMILES string of the molecule is CCC(=O)O[C@H](C(=O)O)[C@H](NC(=O)OC(C)(C)C)C(=O)O. The first kappa shape index (κ1) is 18.7. The number of amides is 1. The molecule has 0 bridgehead atoms. The average molecular weight is 305 g/mol. The number of aliphatic carboxylic acids is 2. The van der Waals surface area contributed by atoms with Crippen LogP contribution in [0.25, 0.3) is 0 Å². The fourth-order valence-corrected chi connectivity index (χ4v) is 1.19. The second-order valence-corrected chi connectivity index (χ2v) is 5.06. The second kappa shape index (κ2) is 7.46. The molecule has 2 atom stereocenters. The molecule has 0 saturated carbocycles. The van der Waals surface area contributed by atoms with E-state index in [0.717, 1.165) is 0 Å². The van der Waals surface area contributed by atoms with Gasteiger partial charge in [0.2, 0.25) is 6.10 Å². The number of carboxylic acids is 2. The summed E-state index contributed by atoms with van der Waals surface area (Å²) >= 11 is 0. The van der Waals surface area contributed by atoms with Gasteiger partial charge >= 0.3 is 24.0 Å². The van der Waals surface area contributed by atoms with E-state index in [2.05, 4.69) is 4.74 Å². The Bertz CT molecular complexity index is 425. The highest BCUT2D eigenvalue weighted by Gasteiger charge is 2.39. The zero-order valence-corrected chi connectivity index (χ0v) is 12.2. The molecule has 9 heteroatoms. The molecule has 0 heterocycles. The van der Waals surface area contributed by atoms with Crippen LogP contribution in [0, 0.1) is 0 Å². The highest BCUT2D eigenvalue weighted by Crippen LogP contribution is 2.09. The van der Waals surface area contributed by atoms with Crippen molar-refractivity contribution in [1.82, 2.24) is 5.32 Å². The molecule has 0 aliphatic rings. The van der Waals surface area contributed by atoms with E-state index in [0.29, 0.717) is 0 Å². The van der Waals surface area contributed by atoms with Gasteiger partial charge in [-0.1, -0.05) is 6.92 Å². The Morgan fingerprint density at radius 2 is 1.62 bits per heavy atom. The van der Waals surface area contributed by atoms with Gasteiger partial charge in [0.1, 0.15) is 5.60 Å². The van der Waals surface area contributed by atoms with E-state index in [9.17, 15) is 19.2 Å². The summed E-state index contributed by atoms with van der Waals surface area (Å²) in [6.07, 6.45) is -3.32. The standard InChI is InChI=1S/C12H19NO8/c1-5-6(14)20-8(10(17)18)7(9(15)16)13-11(19)21-12(2,3)4/h7-8H,5H2,1-4H3,(H,13,19)(H,15,16)(H,17,18)/t7-,8-/m0/s1. The van der Waals surface area contributed by atoms with E-state index < -0.39 is 41.7 Å². The first-order chi connectivity index (χ1) is 9.47. The number of carbonyl (C=O) groups excluding carboxylic acids is 2. The Balaban J connectivity index is 5.08. The molecule has 0 aromatic heterocycles. The Labute approximate surface area is 121 Å². The molecule has 120 valence electrons. The van der Waals surface area contributed by atoms with Crippen molar-refractivity contribution >= 4 is 24.0 Å². The lowest BCUT2D eigenvalue weighted by Crippen LogP contribution is -2.54. The van der Waals surface area contributed by atoms with Crippen molar-refractivity contribution in [2.45, 2.75) is 51.9 Å². The molecular weight excluding hydrogens is 286 g/mol. The van der Waals surface area contributed by atoms with Crippen LogP contribution in [-0.4, -0.2) is 52.0 Å². The summed E-state index contributed by atoms with van der Waals surface area (Å²) < 4.78 is 9.36. The normalized spacial score (nSPS) is 13.7. The van der Waals surface area contributed by atoms with Crippen LogP contribution in [0.15, 0.2) is 0 Å². The first-order valence-corrected chi connectivity index (χ1v) is 6.12. The first-order valence-electron chi connectivity index (χ1n) is 6.12. The highest BCUT2D eigenvalue weighted by molar-refractivity contribution is 5.89. The maximum Gasteiger partial charge on any atom is 0.408 e. The Morgan fingerprint density at radius 1 is 1.10 bits per heavy atom. The summed E-state index contributed by atoms with van der Waals surface area (Å²) in [6, 6.07) is -1.96. The fourth-order valence-electron chi connectivity index (χ4n) is 1.19. The topological polar surface area (TPSA) is 139 Å². The number of rotatable bonds is 6. The van der Waals surface area contributed by atoms with E-state index >= 15 is 0 Å². The van der Waals surface area contributed by atoms with Crippen LogP contribution in [0.3, 0.4) is 0 Å². The molecule has 1 amide bonds. The minimum atomic E-state index is -2.05. The zero-order chi connectivity index (χ0) is 16.8. The van der Waals surface area contributed by atoms with Crippen LogP contribution in [0.4, 0.5) is 4.79 Å². The van der Waals surface area contributed by atoms with Crippen LogP contribution in [0.1, 0.15) is 34.1 Å². The summed E-state index contributed by atoms with van der Waals surface area (Å²) in [6.45, 7) is 6.06. The number of hydrogen-bond donors (Lipinski definition) is 3. The highest BCUT2D eigenvalue weighted by atomic mass is 16.6. The van der Waals surface area contributed by atoms with Gasteiger partial charge in [-0.05, 0) is 20.8 Å². The molecule has 0 aliphatic heterocycles. The molecule has 0 aliphatic carbocycles. The van der Waals surface area contributed by atoms with Gasteiger partial charge in [-0.3, -0.25) is 4.79 Å². The lowest BCUT2D eigenvalue weighted by atomic mass is 10.1. The monoisotopic (exact) mass is 305 g/mol. The van der Waals surface area contributed by atoms with Gasteiger partial charge in [0.05, 0.1) is 0 Å². The number of nitrogens with one attached hydrogen (secondary N) is 1. The Kier molecular flexibility index (Phi) is 6.64. The van der Waals surface area contributed by atoms with Crippen molar-refractivity contribution in [3.8, 4) is 0 Å². The summed E-state index contributed by atoms with van der Waals surface area (Å²) in [7, 11) is 0. The molecule has 0 saturated heterocycles. The number of carbonyl (C=O) groups is 4. The largest absolute Gasteiger partial charge is 0.480 e. The van der Waals surface area contributed by atoms with Crippen molar-refractivity contribution in [2.24, 2.45) is 0 Å². The minimum absolute atomic E-state index is 0.136. The maximum absolute atomic E-state index is 11.5. The molecule has 0 aromatic carbocycles. The van der Waals surface area contributed by atoms with Crippen LogP contribution < -0.4 is 5.32 Å². The summed E-state index contributed by atoms with van der Waals surface area (Å²) in [5, 5.41) is 19.8. The third kappa shape index (κ3) is 7.14. The molecule has 0 rings (SSSR count). The zero-order valence-electron chi connectivity index (χ0n) is 12.2. The van der Waals surface area contributed by atoms with Gasteiger partial charge in [0.25, 0.3) is 0 Å². The van der Waals surface area contributed by atoms with Crippen molar-refractivity contribution in [1.29, 1.82) is 0 Å². The minimum Gasteiger partial charge on any atom is -0.480 e. The van der Waals surface area contributed by atoms with Crippen molar-refractivity contribution in [3.05, 3.63) is 0 Å². The molecule has 0 unspecified atom stereocenters. The molecular formula is C12H19NO8. The van der Waals surface area contributed by atoms with Crippen LogP contribution in [0.5, 0.6) is 0 Å². The predicted octanol–water partition coefficient (Wildman–Crippen LogP) is 0.371. The number of ether oxygens (including phenoxy) is 2. The van der Waals surface area contributed by atoms with Gasteiger partial charge in [0.15, 0.2) is 6.04 Å². The third-order valence-corrected chi connectivity index (χ3v) is 2.03. The van der Waals surface area contributed by atoms with Gasteiger partial charge < -0.3 is 25.0 Å². The quantitative estimate of drug-likeness (QED) is 0.598. The van der Waals surface area contributed by atoms with Gasteiger partial charge in [-0.15, -0.1) is 0 Å². The molecule has 0 radical (unpaired) electrons. The lowest BCUT2D eigenvalue weighted by molar-refractivity contribution is -0.169. The van der Waals surface area contributed by atoms with Crippen LogP contribution in [0.2, 0.25) is 0 Å². The molecule has 21 heavy (non-hydrogen) atoms. The van der Waals surface area contributed by atoms with Gasteiger partial charge in [0, 0.05) is 6.42 Å². The molecule has 3 N–H and O–H groups in total. The molecule has 0 aromatic rings. The molecule has 0 spiro atoms. The van der Waals surface area contributed by atoms with Crippen LogP contribution in [-0.2, 0) is 23.9 Å². The van der Waals surface area contributed by atoms with Crippen molar-refractivity contribution in [2.75, 3.05) is 0 Å². The van der Waals surface area contributed by atoms with E-state index in [1.165, 1.54) is 6.92 Å². The smallest absolute Gasteiger partial charge is 0.408 e. The second-order valence-electron chi connectivity index (χ2n) is 5.06. The average Bonchev–Trinajstić information content (AvgIpc) is 2.30. The summed E-state index contributed by atoms with van der Waals surface area (Å²) in [5.74, 6) is -4.27. The Hall–Kier alpha value is -2.32. The van der Waals surface area contributed by atoms with Gasteiger partial charge in [-0.2, -0.15) is 0 Å². The van der Waals surface area contributed by atoms with Crippen molar-refractivity contribution < 1.29 is 38.9 Å². The molecule has 9 nitrogen and oxygen atoms in total. The fraction of sp³-hybridized carbons (Fsp3) is 0.667.